The summed E-state index contributed by atoms with van der Waals surface area (Å²) in [5, 5.41) is 7.54. The van der Waals surface area contributed by atoms with Crippen LogP contribution >= 0.6 is 0 Å². The lowest BCUT2D eigenvalue weighted by Gasteiger charge is -2.41. The Balaban J connectivity index is 1.71. The summed E-state index contributed by atoms with van der Waals surface area (Å²) in [4.78, 5) is 39.6. The number of hydrogen-bond donors (Lipinski definition) is 3. The van der Waals surface area contributed by atoms with E-state index in [1.54, 1.807) is 48.5 Å². The van der Waals surface area contributed by atoms with Gasteiger partial charge in [0.2, 0.25) is 0 Å². The highest BCUT2D eigenvalue weighted by Crippen LogP contribution is 2.48. The summed E-state index contributed by atoms with van der Waals surface area (Å²) < 4.78 is 50.3. The molecule has 0 saturated heterocycles. The number of unbranched alkanes of at least 4 members (excludes halogenated alkanes) is 3. The predicted molar refractivity (Wildman–Crippen MR) is 163 cm³/mol. The number of methoxy groups -OCH3 is 1. The van der Waals surface area contributed by atoms with Gasteiger partial charge in [0.05, 0.1) is 7.11 Å². The van der Waals surface area contributed by atoms with E-state index in [0.717, 1.165) is 31.2 Å². The molecule has 0 bridgehead atoms. The lowest BCUT2D eigenvalue weighted by molar-refractivity contribution is -0.201. The fourth-order valence-electron chi connectivity index (χ4n) is 5.17. The molecule has 1 aliphatic rings. The third kappa shape index (κ3) is 7.12. The highest BCUT2D eigenvalue weighted by atomic mass is 19.4. The van der Waals surface area contributed by atoms with Crippen molar-refractivity contribution in [2.24, 2.45) is 0 Å². The quantitative estimate of drug-likeness (QED) is 0.167. The van der Waals surface area contributed by atoms with Crippen LogP contribution in [0.5, 0.6) is 5.75 Å². The van der Waals surface area contributed by atoms with Gasteiger partial charge in [0.25, 0.3) is 17.7 Å². The van der Waals surface area contributed by atoms with Crippen LogP contribution in [-0.2, 0) is 15.1 Å². The summed E-state index contributed by atoms with van der Waals surface area (Å²) >= 11 is 0. The summed E-state index contributed by atoms with van der Waals surface area (Å²) in [6.07, 6.45) is -1.79. The number of amides is 3. The van der Waals surface area contributed by atoms with Gasteiger partial charge in [-0.3, -0.25) is 14.4 Å². The van der Waals surface area contributed by atoms with E-state index in [2.05, 4.69) is 22.9 Å². The van der Waals surface area contributed by atoms with Gasteiger partial charge in [0, 0.05) is 24.2 Å². The van der Waals surface area contributed by atoms with Gasteiger partial charge in [-0.15, -0.1) is 0 Å². The van der Waals surface area contributed by atoms with Crippen molar-refractivity contribution >= 4 is 29.0 Å². The molecule has 3 amide bonds. The molecule has 3 N–H and O–H groups in total. The molecule has 0 spiro atoms. The molecular weight excluding hydrogens is 571 g/mol. The zero-order valence-corrected chi connectivity index (χ0v) is 24.9. The largest absolute Gasteiger partial charge is 0.497 e. The molecule has 0 fully saturated rings. The number of carbonyl (C=O) groups excluding carboxylic acids is 3. The van der Waals surface area contributed by atoms with Gasteiger partial charge >= 0.3 is 6.18 Å². The van der Waals surface area contributed by atoms with Gasteiger partial charge in [-0.1, -0.05) is 68.1 Å². The van der Waals surface area contributed by atoms with Gasteiger partial charge in [-0.2, -0.15) is 13.2 Å². The Morgan fingerprint density at radius 3 is 2.16 bits per heavy atom. The van der Waals surface area contributed by atoms with Crippen molar-refractivity contribution in [3.05, 3.63) is 101 Å². The number of nitrogens with one attached hydrogen (secondary N) is 3. The van der Waals surface area contributed by atoms with E-state index in [4.69, 9.17) is 4.74 Å². The Morgan fingerprint density at radius 2 is 1.57 bits per heavy atom. The molecule has 44 heavy (non-hydrogen) atoms. The van der Waals surface area contributed by atoms with Gasteiger partial charge in [-0.25, -0.2) is 0 Å². The smallest absolute Gasteiger partial charge is 0.416 e. The highest BCUT2D eigenvalue weighted by Gasteiger charge is 2.60. The van der Waals surface area contributed by atoms with E-state index in [-0.39, 0.29) is 22.6 Å². The van der Waals surface area contributed by atoms with Crippen molar-refractivity contribution in [3.63, 3.8) is 0 Å². The molecule has 7 nitrogen and oxygen atoms in total. The fraction of sp³-hybridized carbons (Fsp3) is 0.324. The van der Waals surface area contributed by atoms with Crippen LogP contribution in [-0.4, -0.2) is 37.6 Å². The number of halogens is 3. The molecule has 1 atom stereocenters. The fourth-order valence-corrected chi connectivity index (χ4v) is 5.17. The van der Waals surface area contributed by atoms with E-state index in [9.17, 15) is 14.4 Å². The van der Waals surface area contributed by atoms with Crippen LogP contribution in [0, 0.1) is 6.92 Å². The summed E-state index contributed by atoms with van der Waals surface area (Å²) in [5.41, 5.74) is -1.84. The molecule has 1 aliphatic heterocycles. The van der Waals surface area contributed by atoms with E-state index < -0.39 is 35.5 Å². The molecule has 3 aromatic carbocycles. The van der Waals surface area contributed by atoms with Crippen LogP contribution in [0.1, 0.15) is 66.1 Å². The molecule has 232 valence electrons. The average Bonchev–Trinajstić information content (AvgIpc) is 3.00. The van der Waals surface area contributed by atoms with Gasteiger partial charge in [-0.05, 0) is 66.4 Å². The van der Waals surface area contributed by atoms with Crippen molar-refractivity contribution < 1.29 is 32.3 Å². The molecule has 1 unspecified atom stereocenters. The van der Waals surface area contributed by atoms with Crippen LogP contribution in [0.4, 0.5) is 18.9 Å². The zero-order valence-electron chi connectivity index (χ0n) is 24.9. The lowest BCUT2D eigenvalue weighted by atomic mass is 9.76. The third-order valence-corrected chi connectivity index (χ3v) is 7.71. The van der Waals surface area contributed by atoms with Gasteiger partial charge in [0.1, 0.15) is 11.3 Å². The molecule has 0 saturated carbocycles. The monoisotopic (exact) mass is 607 g/mol. The highest BCUT2D eigenvalue weighted by molar-refractivity contribution is 6.28. The molecule has 0 aliphatic carbocycles. The second-order valence-electron chi connectivity index (χ2n) is 10.8. The first-order chi connectivity index (χ1) is 21.0. The van der Waals surface area contributed by atoms with Crippen LogP contribution in [0.25, 0.3) is 5.57 Å². The first-order valence-corrected chi connectivity index (χ1v) is 14.5. The van der Waals surface area contributed by atoms with Crippen molar-refractivity contribution in [3.8, 4) is 5.75 Å². The summed E-state index contributed by atoms with van der Waals surface area (Å²) in [6.45, 7) is 4.38. The zero-order chi connectivity index (χ0) is 31.9. The molecule has 4 rings (SSSR count). The first-order valence-electron chi connectivity index (χ1n) is 14.5. The minimum atomic E-state index is -4.94. The summed E-state index contributed by atoms with van der Waals surface area (Å²) in [7, 11) is 1.49. The topological polar surface area (TPSA) is 96.5 Å². The standard InChI is InChI=1S/C34H36F3N3O4/c1-4-5-6-7-20-38-30(41)24-12-14-25(15-13-24)33(34(35,36)37)21-28(23-10-8-22(2)9-11-23)29(32(43)40-33)31(42)39-26-16-18-27(44-3)19-17-26/h8-19H,4-7,20-21H2,1-3H3,(H,38,41)(H,39,42)(H,40,43). The number of anilines is 1. The van der Waals surface area contributed by atoms with Gasteiger partial charge in [0.15, 0.2) is 5.54 Å². The summed E-state index contributed by atoms with van der Waals surface area (Å²) in [5.74, 6) is -1.85. The van der Waals surface area contributed by atoms with E-state index in [1.165, 1.54) is 31.4 Å². The molecule has 1 heterocycles. The number of alkyl halides is 3. The summed E-state index contributed by atoms with van der Waals surface area (Å²) in [6, 6.07) is 18.0. The Kier molecular flexibility index (Phi) is 10.1. The van der Waals surface area contributed by atoms with E-state index >= 15 is 13.2 Å². The maximum Gasteiger partial charge on any atom is 0.416 e. The van der Waals surface area contributed by atoms with Crippen molar-refractivity contribution in [1.29, 1.82) is 0 Å². The number of hydrogen-bond acceptors (Lipinski definition) is 4. The molecule has 3 aromatic rings. The molecule has 10 heteroatoms. The molecule has 0 radical (unpaired) electrons. The predicted octanol–water partition coefficient (Wildman–Crippen LogP) is 6.68. The molecular formula is C34H36F3N3O4. The van der Waals surface area contributed by atoms with E-state index in [0.29, 0.717) is 23.5 Å². The SMILES string of the molecule is CCCCCCNC(=O)c1ccc(C2(C(F)(F)F)CC(c3ccc(C)cc3)=C(C(=O)Nc3ccc(OC)cc3)C(=O)N2)cc1. The van der Waals surface area contributed by atoms with Crippen molar-refractivity contribution in [1.82, 2.24) is 10.6 Å². The van der Waals surface area contributed by atoms with Crippen LogP contribution in [0.15, 0.2) is 78.4 Å². The number of benzene rings is 3. The van der Waals surface area contributed by atoms with Crippen LogP contribution in [0.2, 0.25) is 0 Å². The normalized spacial score (nSPS) is 16.7. The number of carbonyl (C=O) groups is 3. The van der Waals surface area contributed by atoms with Crippen LogP contribution in [0.3, 0.4) is 0 Å². The Morgan fingerprint density at radius 1 is 0.909 bits per heavy atom. The minimum Gasteiger partial charge on any atom is -0.497 e. The Bertz CT molecular complexity index is 1520. The number of aryl methyl sites for hydroxylation is 1. The Hall–Kier alpha value is -4.60. The van der Waals surface area contributed by atoms with Crippen molar-refractivity contribution in [2.75, 3.05) is 19.0 Å². The molecule has 0 aromatic heterocycles. The second-order valence-corrected chi connectivity index (χ2v) is 10.8. The Labute approximate surface area is 254 Å². The first kappa shape index (κ1) is 32.3. The number of rotatable bonds is 11. The maximum atomic E-state index is 15.1. The third-order valence-electron chi connectivity index (χ3n) is 7.71. The lowest BCUT2D eigenvalue weighted by Crippen LogP contribution is -2.59. The number of ether oxygens (including phenoxy) is 1. The van der Waals surface area contributed by atoms with Gasteiger partial charge < -0.3 is 20.7 Å². The van der Waals surface area contributed by atoms with Crippen LogP contribution < -0.4 is 20.7 Å². The van der Waals surface area contributed by atoms with Crippen molar-refractivity contribution in [2.45, 2.75) is 57.7 Å². The second kappa shape index (κ2) is 13.8. The average molecular weight is 608 g/mol. The maximum absolute atomic E-state index is 15.1. The van der Waals surface area contributed by atoms with E-state index in [1.807, 2.05) is 6.92 Å². The minimum absolute atomic E-state index is 0.0500.